The quantitative estimate of drug-likeness (QED) is 0.757. The number of nitrogens with one attached hydrogen (secondary N) is 2. The van der Waals surface area contributed by atoms with Crippen LogP contribution in [0.15, 0.2) is 30.3 Å². The molecule has 1 aliphatic carbocycles. The number of hydrogen-bond donors (Lipinski definition) is 2. The van der Waals surface area contributed by atoms with Crippen LogP contribution in [0.3, 0.4) is 0 Å². The van der Waals surface area contributed by atoms with Crippen LogP contribution in [-0.2, 0) is 0 Å². The molecule has 1 saturated carbocycles. The smallest absolute Gasteiger partial charge is 0.251 e. The van der Waals surface area contributed by atoms with E-state index in [1.54, 1.807) is 24.3 Å². The Bertz CT molecular complexity index is 790. The molecule has 0 atom stereocenters. The summed E-state index contributed by atoms with van der Waals surface area (Å²) in [5.74, 6) is 2.48. The Balaban J connectivity index is 0.00000280. The van der Waals surface area contributed by atoms with Crippen LogP contribution in [0.5, 0.6) is 0 Å². The lowest BCUT2D eigenvalue weighted by Crippen LogP contribution is -2.40. The van der Waals surface area contributed by atoms with Gasteiger partial charge in [0.25, 0.3) is 5.91 Å². The van der Waals surface area contributed by atoms with E-state index in [0.29, 0.717) is 16.6 Å². The zero-order valence-corrected chi connectivity index (χ0v) is 18.0. The van der Waals surface area contributed by atoms with Crippen LogP contribution in [-0.4, -0.2) is 42.1 Å². The molecule has 1 aromatic carbocycles. The molecule has 152 valence electrons. The highest BCUT2D eigenvalue weighted by molar-refractivity contribution is 6.30. The van der Waals surface area contributed by atoms with Crippen molar-refractivity contribution in [1.29, 1.82) is 0 Å². The van der Waals surface area contributed by atoms with Gasteiger partial charge in [0.1, 0.15) is 17.5 Å². The Morgan fingerprint density at radius 3 is 2.29 bits per heavy atom. The maximum atomic E-state index is 12.3. The van der Waals surface area contributed by atoms with Gasteiger partial charge in [-0.25, -0.2) is 9.97 Å². The average Bonchev–Trinajstić information content (AvgIpc) is 2.63. The molecule has 1 fully saturated rings. The summed E-state index contributed by atoms with van der Waals surface area (Å²) < 4.78 is 0. The largest absolute Gasteiger partial charge is 0.367 e. The summed E-state index contributed by atoms with van der Waals surface area (Å²) in [5.41, 5.74) is 0.646. The number of rotatable bonds is 5. The zero-order valence-electron chi connectivity index (χ0n) is 16.4. The molecular weight excluding hydrogens is 397 g/mol. The summed E-state index contributed by atoms with van der Waals surface area (Å²) in [6.07, 6.45) is 3.88. The fraction of sp³-hybridized carbons (Fsp3) is 0.450. The maximum Gasteiger partial charge on any atom is 0.251 e. The summed E-state index contributed by atoms with van der Waals surface area (Å²) in [4.78, 5) is 23.2. The molecule has 0 unspecified atom stereocenters. The minimum Gasteiger partial charge on any atom is -0.367 e. The molecular formula is C20H27Cl2N5O. The lowest BCUT2D eigenvalue weighted by molar-refractivity contribution is 0.0926. The molecule has 2 N–H and O–H groups in total. The number of aryl methyl sites for hydroxylation is 1. The third-order valence-electron chi connectivity index (χ3n) is 4.80. The van der Waals surface area contributed by atoms with Gasteiger partial charge in [-0.2, -0.15) is 0 Å². The number of benzene rings is 1. The van der Waals surface area contributed by atoms with Crippen LogP contribution in [0.2, 0.25) is 5.02 Å². The van der Waals surface area contributed by atoms with E-state index in [1.165, 1.54) is 0 Å². The first kappa shape index (κ1) is 22.2. The van der Waals surface area contributed by atoms with Crippen LogP contribution in [0.4, 0.5) is 11.6 Å². The molecule has 1 heterocycles. The van der Waals surface area contributed by atoms with Gasteiger partial charge in [-0.15, -0.1) is 12.4 Å². The van der Waals surface area contributed by atoms with E-state index >= 15 is 0 Å². The summed E-state index contributed by atoms with van der Waals surface area (Å²) in [5, 5.41) is 7.29. The number of carbonyl (C=O) groups excluding carboxylic acids is 1. The third-order valence-corrected chi connectivity index (χ3v) is 5.06. The molecule has 3 rings (SSSR count). The zero-order chi connectivity index (χ0) is 19.4. The standard InChI is InChI=1S/C20H26ClN5O.ClH/c1-13-22-18(12-19(23-13)26(2)3)24-16-8-10-17(11-9-16)25-20(27)14-4-6-15(21)7-5-14;/h4-7,12,16-17H,8-11H2,1-3H3,(H,25,27)(H,22,23,24);1H. The van der Waals surface area contributed by atoms with E-state index in [2.05, 4.69) is 20.6 Å². The van der Waals surface area contributed by atoms with Crippen molar-refractivity contribution in [2.75, 3.05) is 24.3 Å². The molecule has 28 heavy (non-hydrogen) atoms. The second-order valence-corrected chi connectivity index (χ2v) is 7.66. The van der Waals surface area contributed by atoms with Gasteiger partial charge in [0.05, 0.1) is 0 Å². The molecule has 0 aliphatic heterocycles. The van der Waals surface area contributed by atoms with Crippen LogP contribution in [0.1, 0.15) is 41.9 Å². The number of amides is 1. The normalized spacial score (nSPS) is 18.7. The molecule has 2 aromatic rings. The second-order valence-electron chi connectivity index (χ2n) is 7.23. The lowest BCUT2D eigenvalue weighted by atomic mass is 9.91. The highest BCUT2D eigenvalue weighted by Crippen LogP contribution is 2.23. The molecule has 8 heteroatoms. The van der Waals surface area contributed by atoms with Gasteiger partial charge in [-0.05, 0) is 56.9 Å². The van der Waals surface area contributed by atoms with E-state index < -0.39 is 0 Å². The van der Waals surface area contributed by atoms with E-state index in [4.69, 9.17) is 11.6 Å². The Morgan fingerprint density at radius 1 is 1.07 bits per heavy atom. The molecule has 1 aliphatic rings. The van der Waals surface area contributed by atoms with Crippen molar-refractivity contribution in [2.45, 2.75) is 44.7 Å². The van der Waals surface area contributed by atoms with Crippen LogP contribution >= 0.6 is 24.0 Å². The number of aromatic nitrogens is 2. The number of nitrogens with zero attached hydrogens (tertiary/aromatic N) is 3. The van der Waals surface area contributed by atoms with Crippen molar-refractivity contribution in [1.82, 2.24) is 15.3 Å². The topological polar surface area (TPSA) is 70.2 Å². The Kier molecular flexibility index (Phi) is 7.89. The molecule has 0 bridgehead atoms. The predicted molar refractivity (Wildman–Crippen MR) is 117 cm³/mol. The van der Waals surface area contributed by atoms with E-state index in [0.717, 1.165) is 43.1 Å². The molecule has 1 aromatic heterocycles. The Morgan fingerprint density at radius 2 is 1.68 bits per heavy atom. The van der Waals surface area contributed by atoms with Gasteiger partial charge in [-0.3, -0.25) is 4.79 Å². The minimum absolute atomic E-state index is 0. The van der Waals surface area contributed by atoms with E-state index in [1.807, 2.05) is 32.0 Å². The van der Waals surface area contributed by atoms with Crippen LogP contribution in [0, 0.1) is 6.92 Å². The first-order valence-electron chi connectivity index (χ1n) is 9.26. The minimum atomic E-state index is -0.0369. The maximum absolute atomic E-state index is 12.3. The van der Waals surface area contributed by atoms with Crippen molar-refractivity contribution >= 4 is 41.6 Å². The van der Waals surface area contributed by atoms with Crippen molar-refractivity contribution in [3.63, 3.8) is 0 Å². The highest BCUT2D eigenvalue weighted by atomic mass is 35.5. The fourth-order valence-corrected chi connectivity index (χ4v) is 3.44. The van der Waals surface area contributed by atoms with Gasteiger partial charge < -0.3 is 15.5 Å². The molecule has 1 amide bonds. The number of hydrogen-bond acceptors (Lipinski definition) is 5. The van der Waals surface area contributed by atoms with E-state index in [9.17, 15) is 4.79 Å². The summed E-state index contributed by atoms with van der Waals surface area (Å²) >= 11 is 5.88. The lowest BCUT2D eigenvalue weighted by Gasteiger charge is -2.30. The van der Waals surface area contributed by atoms with Gasteiger partial charge in [0.2, 0.25) is 0 Å². The molecule has 0 radical (unpaired) electrons. The summed E-state index contributed by atoms with van der Waals surface area (Å²) in [7, 11) is 3.94. The summed E-state index contributed by atoms with van der Waals surface area (Å²) in [6, 6.07) is 9.52. The van der Waals surface area contributed by atoms with Gasteiger partial charge in [0.15, 0.2) is 0 Å². The highest BCUT2D eigenvalue weighted by Gasteiger charge is 2.23. The first-order chi connectivity index (χ1) is 12.9. The van der Waals surface area contributed by atoms with Crippen molar-refractivity contribution in [3.8, 4) is 0 Å². The summed E-state index contributed by atoms with van der Waals surface area (Å²) in [6.45, 7) is 1.90. The first-order valence-corrected chi connectivity index (χ1v) is 9.64. The number of anilines is 2. The SMILES string of the molecule is Cc1nc(NC2CCC(NC(=O)c3ccc(Cl)cc3)CC2)cc(N(C)C)n1.Cl. The Hall–Kier alpha value is -2.05. The van der Waals surface area contributed by atoms with Gasteiger partial charge in [0, 0.05) is 42.8 Å². The van der Waals surface area contributed by atoms with Crippen molar-refractivity contribution in [2.24, 2.45) is 0 Å². The van der Waals surface area contributed by atoms with Crippen LogP contribution in [0.25, 0.3) is 0 Å². The van der Waals surface area contributed by atoms with Crippen molar-refractivity contribution < 1.29 is 4.79 Å². The van der Waals surface area contributed by atoms with Crippen LogP contribution < -0.4 is 15.5 Å². The third kappa shape index (κ3) is 5.97. The predicted octanol–water partition coefficient (Wildman–Crippen LogP) is 4.08. The molecule has 0 saturated heterocycles. The molecule has 6 nitrogen and oxygen atoms in total. The molecule has 0 spiro atoms. The average molecular weight is 424 g/mol. The van der Waals surface area contributed by atoms with Gasteiger partial charge >= 0.3 is 0 Å². The monoisotopic (exact) mass is 423 g/mol. The fourth-order valence-electron chi connectivity index (χ4n) is 3.32. The van der Waals surface area contributed by atoms with E-state index in [-0.39, 0.29) is 24.4 Å². The number of halogens is 2. The Labute approximate surface area is 177 Å². The number of carbonyl (C=O) groups is 1. The van der Waals surface area contributed by atoms with Gasteiger partial charge in [-0.1, -0.05) is 11.6 Å². The van der Waals surface area contributed by atoms with Crippen molar-refractivity contribution in [3.05, 3.63) is 46.7 Å². The second kappa shape index (κ2) is 9.94.